The number of thiophene rings is 1. The third-order valence-electron chi connectivity index (χ3n) is 5.21. The molecule has 2 aromatic rings. The topological polar surface area (TPSA) is 136 Å². The molecule has 1 fully saturated rings. The lowest BCUT2D eigenvalue weighted by Gasteiger charge is -2.38. The summed E-state index contributed by atoms with van der Waals surface area (Å²) in [5, 5.41) is 9.16. The Morgan fingerprint density at radius 2 is 1.84 bits per heavy atom. The minimum Gasteiger partial charge on any atom is -0.289 e. The van der Waals surface area contributed by atoms with Crippen LogP contribution in [0.1, 0.15) is 20.3 Å². The molecule has 0 saturated carbocycles. The summed E-state index contributed by atoms with van der Waals surface area (Å²) in [5.41, 5.74) is 2.32. The van der Waals surface area contributed by atoms with Crippen LogP contribution in [-0.4, -0.2) is 68.3 Å². The molecule has 3 N–H and O–H groups in total. The fourth-order valence-electron chi connectivity index (χ4n) is 3.28. The Morgan fingerprint density at radius 1 is 1.16 bits per heavy atom. The van der Waals surface area contributed by atoms with Crippen LogP contribution in [0, 0.1) is 0 Å². The molecule has 176 valence electrons. The second-order valence-corrected chi connectivity index (χ2v) is 12.3. The molecule has 1 saturated heterocycles. The zero-order chi connectivity index (χ0) is 23.5. The van der Waals surface area contributed by atoms with E-state index >= 15 is 0 Å². The highest BCUT2D eigenvalue weighted by atomic mass is 32.2. The van der Waals surface area contributed by atoms with Gasteiger partial charge >= 0.3 is 0 Å². The van der Waals surface area contributed by atoms with E-state index in [4.69, 9.17) is 5.21 Å². The van der Waals surface area contributed by atoms with Crippen molar-refractivity contribution in [3.05, 3.63) is 42.5 Å². The van der Waals surface area contributed by atoms with Gasteiger partial charge in [-0.3, -0.25) is 10.0 Å². The Kier molecular flexibility index (Phi) is 7.70. The van der Waals surface area contributed by atoms with Crippen molar-refractivity contribution in [3.63, 3.8) is 0 Å². The number of nitrogens with zero attached hydrogens (tertiary/aromatic N) is 2. The number of amides is 1. The molecule has 1 aliphatic heterocycles. The lowest BCUT2D eigenvalue weighted by molar-refractivity contribution is -0.134. The molecule has 1 aliphatic rings. The first kappa shape index (κ1) is 24.8. The number of nitrogens with one attached hydrogen (secondary N) is 2. The van der Waals surface area contributed by atoms with Gasteiger partial charge in [0.2, 0.25) is 0 Å². The molecule has 0 spiro atoms. The first-order chi connectivity index (χ1) is 15.1. The van der Waals surface area contributed by atoms with Crippen LogP contribution in [0.15, 0.2) is 46.7 Å². The number of sulfonamides is 1. The fraction of sp³-hybridized carbons (Fsp3) is 0.421. The molecule has 0 aliphatic carbocycles. The van der Waals surface area contributed by atoms with Crippen LogP contribution in [0.4, 0.5) is 0 Å². The van der Waals surface area contributed by atoms with Crippen molar-refractivity contribution in [2.24, 2.45) is 0 Å². The minimum atomic E-state index is -4.11. The maximum atomic E-state index is 13.3. The molecule has 0 radical (unpaired) electrons. The highest BCUT2D eigenvalue weighted by Gasteiger charge is 2.43. The third-order valence-corrected chi connectivity index (χ3v) is 10.4. The largest absolute Gasteiger partial charge is 0.289 e. The molecule has 13 heteroatoms. The van der Waals surface area contributed by atoms with Gasteiger partial charge in [-0.1, -0.05) is 37.3 Å². The Labute approximate surface area is 192 Å². The number of hydrogen-bond acceptors (Lipinski definition) is 7. The quantitative estimate of drug-likeness (QED) is 0.367. The second-order valence-electron chi connectivity index (χ2n) is 7.38. The van der Waals surface area contributed by atoms with E-state index in [0.717, 1.165) is 30.4 Å². The Balaban J connectivity index is 1.88. The van der Waals surface area contributed by atoms with Gasteiger partial charge in [0.25, 0.3) is 26.1 Å². The Bertz CT molecular complexity index is 1150. The van der Waals surface area contributed by atoms with Crippen molar-refractivity contribution in [2.75, 3.05) is 19.6 Å². The molecule has 2 atom stereocenters. The highest BCUT2D eigenvalue weighted by molar-refractivity contribution is 7.91. The SMILES string of the molecule is CCC(C)NS(=O)(=O)N1CCN(S(=O)(=O)c2ccc(-c3ccccc3)s2)[C@@H](C(=O)NO)C1. The van der Waals surface area contributed by atoms with Gasteiger partial charge in [0.05, 0.1) is 0 Å². The highest BCUT2D eigenvalue weighted by Crippen LogP contribution is 2.33. The monoisotopic (exact) mass is 502 g/mol. The number of hydroxylamine groups is 1. The van der Waals surface area contributed by atoms with E-state index in [9.17, 15) is 21.6 Å². The van der Waals surface area contributed by atoms with Crippen molar-refractivity contribution in [3.8, 4) is 10.4 Å². The zero-order valence-corrected chi connectivity index (χ0v) is 20.1. The summed E-state index contributed by atoms with van der Waals surface area (Å²) in [6.07, 6.45) is 0.566. The summed E-state index contributed by atoms with van der Waals surface area (Å²) in [5.74, 6) is -1.00. The molecule has 1 aromatic carbocycles. The van der Waals surface area contributed by atoms with E-state index in [1.54, 1.807) is 13.0 Å². The van der Waals surface area contributed by atoms with E-state index < -0.39 is 38.7 Å². The molecule has 3 rings (SSSR count). The maximum Gasteiger partial charge on any atom is 0.279 e. The second kappa shape index (κ2) is 9.95. The smallest absolute Gasteiger partial charge is 0.279 e. The molecule has 1 amide bonds. The summed E-state index contributed by atoms with van der Waals surface area (Å²) < 4.78 is 56.5. The van der Waals surface area contributed by atoms with Crippen LogP contribution < -0.4 is 10.2 Å². The van der Waals surface area contributed by atoms with Gasteiger partial charge in [0.15, 0.2) is 0 Å². The molecule has 0 bridgehead atoms. The van der Waals surface area contributed by atoms with Crippen LogP contribution >= 0.6 is 11.3 Å². The first-order valence-corrected chi connectivity index (χ1v) is 13.7. The van der Waals surface area contributed by atoms with Crippen molar-refractivity contribution in [2.45, 2.75) is 36.6 Å². The Morgan fingerprint density at radius 3 is 2.47 bits per heavy atom. The molecule has 1 aromatic heterocycles. The average molecular weight is 503 g/mol. The van der Waals surface area contributed by atoms with Gasteiger partial charge in [0.1, 0.15) is 10.3 Å². The van der Waals surface area contributed by atoms with Gasteiger partial charge in [-0.25, -0.2) is 13.9 Å². The summed E-state index contributed by atoms with van der Waals surface area (Å²) in [7, 11) is -8.04. The van der Waals surface area contributed by atoms with E-state index in [1.165, 1.54) is 11.5 Å². The maximum absolute atomic E-state index is 13.3. The predicted octanol–water partition coefficient (Wildman–Crippen LogP) is 1.23. The average Bonchev–Trinajstić information content (AvgIpc) is 3.29. The Hall–Kier alpha value is -1.87. The lowest BCUT2D eigenvalue weighted by atomic mass is 10.2. The fourth-order valence-corrected chi connectivity index (χ4v) is 7.77. The number of hydrogen-bond donors (Lipinski definition) is 3. The standard InChI is InChI=1S/C19H26N4O6S3/c1-3-14(2)21-32(28,29)22-11-12-23(16(13-22)19(24)20-25)31(26,27)18-10-9-17(30-18)15-7-5-4-6-8-15/h4-10,14,16,21,25H,3,11-13H2,1-2H3,(H,20,24)/t14?,16-/m1/s1. The van der Waals surface area contributed by atoms with E-state index in [1.807, 2.05) is 37.3 Å². The number of piperazine rings is 1. The van der Waals surface area contributed by atoms with E-state index in [0.29, 0.717) is 6.42 Å². The molecule has 10 nitrogen and oxygen atoms in total. The van der Waals surface area contributed by atoms with Crippen molar-refractivity contribution in [1.29, 1.82) is 0 Å². The predicted molar refractivity (Wildman–Crippen MR) is 121 cm³/mol. The first-order valence-electron chi connectivity index (χ1n) is 9.98. The zero-order valence-electron chi connectivity index (χ0n) is 17.6. The molecular weight excluding hydrogens is 476 g/mol. The summed E-state index contributed by atoms with van der Waals surface area (Å²) in [4.78, 5) is 13.1. The minimum absolute atomic E-state index is 0.0288. The normalized spacial score (nSPS) is 19.5. The van der Waals surface area contributed by atoms with E-state index in [-0.39, 0.29) is 23.3 Å². The van der Waals surface area contributed by atoms with E-state index in [2.05, 4.69) is 4.72 Å². The molecular formula is C19H26N4O6S3. The summed E-state index contributed by atoms with van der Waals surface area (Å²) in [6.45, 7) is 2.74. The van der Waals surface area contributed by atoms with Crippen LogP contribution in [0.25, 0.3) is 10.4 Å². The third kappa shape index (κ3) is 5.20. The van der Waals surface area contributed by atoms with Crippen LogP contribution in [-0.2, 0) is 25.0 Å². The number of benzene rings is 1. The number of carbonyl (C=O) groups excluding carboxylic acids is 1. The number of rotatable bonds is 8. The lowest BCUT2D eigenvalue weighted by Crippen LogP contribution is -2.62. The molecule has 32 heavy (non-hydrogen) atoms. The van der Waals surface area contributed by atoms with Crippen molar-refractivity contribution < 1.29 is 26.8 Å². The molecule has 2 heterocycles. The van der Waals surface area contributed by atoms with Gasteiger partial charge in [-0.05, 0) is 31.0 Å². The molecule has 1 unspecified atom stereocenters. The van der Waals surface area contributed by atoms with Crippen molar-refractivity contribution in [1.82, 2.24) is 18.8 Å². The summed E-state index contributed by atoms with van der Waals surface area (Å²) >= 11 is 1.06. The van der Waals surface area contributed by atoms with Gasteiger partial charge in [0, 0.05) is 30.6 Å². The van der Waals surface area contributed by atoms with Crippen LogP contribution in [0.5, 0.6) is 0 Å². The van der Waals surface area contributed by atoms with Gasteiger partial charge in [-0.15, -0.1) is 11.3 Å². The van der Waals surface area contributed by atoms with Crippen LogP contribution in [0.2, 0.25) is 0 Å². The van der Waals surface area contributed by atoms with Gasteiger partial charge in [-0.2, -0.15) is 21.8 Å². The van der Waals surface area contributed by atoms with Crippen molar-refractivity contribution >= 4 is 37.5 Å². The summed E-state index contributed by atoms with van der Waals surface area (Å²) in [6, 6.07) is 10.7. The van der Waals surface area contributed by atoms with Crippen LogP contribution in [0.3, 0.4) is 0 Å². The van der Waals surface area contributed by atoms with Gasteiger partial charge < -0.3 is 0 Å². The number of carbonyl (C=O) groups is 1.